The first-order valence-electron chi connectivity index (χ1n) is 10.5. The number of nitrogens with one attached hydrogen (secondary N) is 3. The van der Waals surface area contributed by atoms with Crippen LogP contribution in [0.4, 0.5) is 9.18 Å². The van der Waals surface area contributed by atoms with Crippen molar-refractivity contribution >= 4 is 12.1 Å². The van der Waals surface area contributed by atoms with Crippen LogP contribution in [0.3, 0.4) is 0 Å². The van der Waals surface area contributed by atoms with Gasteiger partial charge in [0.2, 0.25) is 5.89 Å². The second-order valence-electron chi connectivity index (χ2n) is 7.87. The molecule has 0 bridgehead atoms. The Hall–Kier alpha value is -3.10. The molecule has 2 aromatic rings. The summed E-state index contributed by atoms with van der Waals surface area (Å²) in [5.74, 6) is 0.866. The van der Waals surface area contributed by atoms with Gasteiger partial charge in [0, 0.05) is 38.2 Å². The Balaban J connectivity index is 1.73. The third-order valence-corrected chi connectivity index (χ3v) is 3.93. The zero-order chi connectivity index (χ0) is 22.7. The van der Waals surface area contributed by atoms with Gasteiger partial charge >= 0.3 is 6.09 Å². The Morgan fingerprint density at radius 3 is 2.58 bits per heavy atom. The monoisotopic (exact) mass is 433 g/mol. The molecule has 0 aliphatic carbocycles. The number of hydrogen-bond acceptors (Lipinski definition) is 5. The normalized spacial score (nSPS) is 11.8. The zero-order valence-corrected chi connectivity index (χ0v) is 18.6. The number of carbonyl (C=O) groups is 1. The molecule has 0 saturated carbocycles. The lowest BCUT2D eigenvalue weighted by molar-refractivity contribution is 0.0527. The van der Waals surface area contributed by atoms with E-state index in [0.29, 0.717) is 44.3 Å². The first kappa shape index (κ1) is 24.2. The molecule has 31 heavy (non-hydrogen) atoms. The van der Waals surface area contributed by atoms with Crippen LogP contribution >= 0.6 is 0 Å². The van der Waals surface area contributed by atoms with Gasteiger partial charge in [0.1, 0.15) is 17.7 Å². The summed E-state index contributed by atoms with van der Waals surface area (Å²) in [4.78, 5) is 20.6. The molecule has 0 spiro atoms. The van der Waals surface area contributed by atoms with Gasteiger partial charge in [-0.25, -0.2) is 14.2 Å². The van der Waals surface area contributed by atoms with Crippen LogP contribution in [-0.2, 0) is 11.2 Å². The van der Waals surface area contributed by atoms with Gasteiger partial charge in [-0.05, 0) is 58.4 Å². The highest BCUT2D eigenvalue weighted by Gasteiger charge is 2.15. The Labute approximate surface area is 182 Å². The van der Waals surface area contributed by atoms with Gasteiger partial charge in [-0.3, -0.25) is 4.99 Å². The second kappa shape index (κ2) is 11.9. The molecule has 170 valence electrons. The maximum Gasteiger partial charge on any atom is 0.407 e. The third kappa shape index (κ3) is 9.50. The zero-order valence-electron chi connectivity index (χ0n) is 18.6. The minimum absolute atomic E-state index is 0.296. The minimum atomic E-state index is -0.506. The molecule has 0 aliphatic heterocycles. The van der Waals surface area contributed by atoms with Crippen molar-refractivity contribution < 1.29 is 18.3 Å². The van der Waals surface area contributed by atoms with Gasteiger partial charge in [0.15, 0.2) is 5.96 Å². The highest BCUT2D eigenvalue weighted by Crippen LogP contribution is 2.18. The van der Waals surface area contributed by atoms with Crippen LogP contribution in [0.2, 0.25) is 0 Å². The maximum absolute atomic E-state index is 13.0. The number of aliphatic imine (C=N–C) groups is 1. The average molecular weight is 434 g/mol. The number of aromatic nitrogens is 1. The minimum Gasteiger partial charge on any atom is -0.444 e. The Bertz CT molecular complexity index is 844. The van der Waals surface area contributed by atoms with E-state index < -0.39 is 11.7 Å². The largest absolute Gasteiger partial charge is 0.444 e. The summed E-state index contributed by atoms with van der Waals surface area (Å²) in [6.07, 6.45) is 2.52. The van der Waals surface area contributed by atoms with Gasteiger partial charge in [0.05, 0.1) is 5.69 Å². The fraction of sp³-hybridized carbons (Fsp3) is 0.500. The number of rotatable bonds is 9. The molecular formula is C22H32FN5O3. The van der Waals surface area contributed by atoms with Gasteiger partial charge in [-0.15, -0.1) is 0 Å². The molecule has 0 fully saturated rings. The van der Waals surface area contributed by atoms with E-state index in [1.165, 1.54) is 12.1 Å². The van der Waals surface area contributed by atoms with Gasteiger partial charge in [-0.1, -0.05) is 0 Å². The number of nitrogens with zero attached hydrogens (tertiary/aromatic N) is 2. The van der Waals surface area contributed by atoms with Crippen LogP contribution in [0.15, 0.2) is 39.9 Å². The van der Waals surface area contributed by atoms with Crippen molar-refractivity contribution in [2.45, 2.75) is 46.1 Å². The summed E-state index contributed by atoms with van der Waals surface area (Å²) in [7, 11) is 0. The second-order valence-corrected chi connectivity index (χ2v) is 7.87. The number of amides is 1. The van der Waals surface area contributed by atoms with Crippen molar-refractivity contribution in [3.63, 3.8) is 0 Å². The Morgan fingerprint density at radius 1 is 1.16 bits per heavy atom. The van der Waals surface area contributed by atoms with E-state index >= 15 is 0 Å². The van der Waals surface area contributed by atoms with E-state index in [2.05, 4.69) is 25.9 Å². The van der Waals surface area contributed by atoms with E-state index in [1.54, 1.807) is 18.4 Å². The summed E-state index contributed by atoms with van der Waals surface area (Å²) in [5.41, 5.74) is 1.02. The molecule has 0 saturated heterocycles. The summed E-state index contributed by atoms with van der Waals surface area (Å²) in [5, 5.41) is 9.15. The summed E-state index contributed by atoms with van der Waals surface area (Å²) >= 11 is 0. The maximum atomic E-state index is 13.0. The van der Waals surface area contributed by atoms with Crippen molar-refractivity contribution in [2.24, 2.45) is 4.99 Å². The van der Waals surface area contributed by atoms with Crippen LogP contribution in [0.5, 0.6) is 0 Å². The number of halogens is 1. The van der Waals surface area contributed by atoms with Crippen molar-refractivity contribution in [3.8, 4) is 11.5 Å². The quantitative estimate of drug-likeness (QED) is 0.318. The first-order valence-corrected chi connectivity index (χ1v) is 10.5. The molecule has 9 heteroatoms. The predicted octanol–water partition coefficient (Wildman–Crippen LogP) is 3.49. The molecule has 3 N–H and O–H groups in total. The molecule has 0 atom stereocenters. The van der Waals surface area contributed by atoms with E-state index in [9.17, 15) is 9.18 Å². The number of oxazole rings is 1. The van der Waals surface area contributed by atoms with E-state index in [-0.39, 0.29) is 5.82 Å². The van der Waals surface area contributed by atoms with Gasteiger partial charge < -0.3 is 25.1 Å². The lowest BCUT2D eigenvalue weighted by Gasteiger charge is -2.19. The lowest BCUT2D eigenvalue weighted by Crippen LogP contribution is -2.38. The fourth-order valence-corrected chi connectivity index (χ4v) is 2.57. The van der Waals surface area contributed by atoms with Crippen LogP contribution in [0.1, 0.15) is 39.8 Å². The molecule has 0 unspecified atom stereocenters. The summed E-state index contributed by atoms with van der Waals surface area (Å²) in [6.45, 7) is 9.88. The topological polar surface area (TPSA) is 101 Å². The van der Waals surface area contributed by atoms with E-state index in [0.717, 1.165) is 17.8 Å². The fourth-order valence-electron chi connectivity index (χ4n) is 2.57. The summed E-state index contributed by atoms with van der Waals surface area (Å²) < 4.78 is 23.7. The third-order valence-electron chi connectivity index (χ3n) is 3.93. The van der Waals surface area contributed by atoms with Crippen molar-refractivity contribution in [1.82, 2.24) is 20.9 Å². The van der Waals surface area contributed by atoms with Crippen molar-refractivity contribution in [3.05, 3.63) is 42.0 Å². The van der Waals surface area contributed by atoms with Crippen molar-refractivity contribution in [2.75, 3.05) is 26.2 Å². The van der Waals surface area contributed by atoms with Gasteiger partial charge in [-0.2, -0.15) is 0 Å². The number of ether oxygens (including phenoxy) is 1. The molecule has 0 radical (unpaired) electrons. The van der Waals surface area contributed by atoms with E-state index in [4.69, 9.17) is 9.15 Å². The molecule has 1 aromatic heterocycles. The van der Waals surface area contributed by atoms with Crippen LogP contribution < -0.4 is 16.0 Å². The average Bonchev–Trinajstić information content (AvgIpc) is 3.15. The molecule has 2 rings (SSSR count). The number of carbonyl (C=O) groups excluding carboxylic acids is 1. The molecular weight excluding hydrogens is 401 g/mol. The molecule has 1 aromatic carbocycles. The number of guanidine groups is 1. The van der Waals surface area contributed by atoms with Crippen molar-refractivity contribution in [1.29, 1.82) is 0 Å². The van der Waals surface area contributed by atoms with Crippen LogP contribution in [0, 0.1) is 5.82 Å². The number of alkyl carbamates (subject to hydrolysis) is 1. The van der Waals surface area contributed by atoms with E-state index in [1.807, 2.05) is 27.7 Å². The Morgan fingerprint density at radius 2 is 1.90 bits per heavy atom. The number of benzene rings is 1. The standard InChI is InChI=1S/C22H32FN5O3/c1-5-24-20(25-12-6-13-27-21(29)31-22(2,3)4)26-14-11-18-15-30-19(28-18)16-7-9-17(23)10-8-16/h7-10,15H,5-6,11-14H2,1-4H3,(H,27,29)(H2,24,25,26). The first-order chi connectivity index (χ1) is 14.8. The lowest BCUT2D eigenvalue weighted by atomic mass is 10.2. The van der Waals surface area contributed by atoms with Crippen LogP contribution in [-0.4, -0.2) is 48.8 Å². The molecule has 8 nitrogen and oxygen atoms in total. The molecule has 1 amide bonds. The van der Waals surface area contributed by atoms with Crippen LogP contribution in [0.25, 0.3) is 11.5 Å². The highest BCUT2D eigenvalue weighted by molar-refractivity contribution is 5.79. The SMILES string of the molecule is CCNC(=NCCCNC(=O)OC(C)(C)C)NCCc1coc(-c2ccc(F)cc2)n1. The van der Waals surface area contributed by atoms with Gasteiger partial charge in [0.25, 0.3) is 0 Å². The molecule has 0 aliphatic rings. The number of hydrogen-bond donors (Lipinski definition) is 3. The summed E-state index contributed by atoms with van der Waals surface area (Å²) in [6, 6.07) is 6.03. The highest BCUT2D eigenvalue weighted by atomic mass is 19.1. The predicted molar refractivity (Wildman–Crippen MR) is 118 cm³/mol. The smallest absolute Gasteiger partial charge is 0.407 e. The Kier molecular flexibility index (Phi) is 9.30. The molecule has 1 heterocycles.